The molecule has 1 heterocycles. The number of hydrogen-bond acceptors (Lipinski definition) is 7. The Balaban J connectivity index is 0.00000392. The molecule has 0 spiro atoms. The van der Waals surface area contributed by atoms with Crippen molar-refractivity contribution in [3.05, 3.63) is 27.8 Å². The Kier molecular flexibility index (Phi) is 9.44. The Morgan fingerprint density at radius 2 is 1.96 bits per heavy atom. The number of nitrogens with zero attached hydrogens (tertiary/aromatic N) is 1. The van der Waals surface area contributed by atoms with Gasteiger partial charge >= 0.3 is 0 Å². The Labute approximate surface area is 170 Å². The van der Waals surface area contributed by atoms with Crippen molar-refractivity contribution in [1.29, 1.82) is 0 Å². The van der Waals surface area contributed by atoms with E-state index in [1.807, 2.05) is 0 Å². The number of carbonyl (C=O) groups excluding carboxylic acids is 1. The van der Waals surface area contributed by atoms with E-state index in [-0.39, 0.29) is 40.6 Å². The molecule has 10 heteroatoms. The molecule has 0 aromatic heterocycles. The van der Waals surface area contributed by atoms with E-state index in [1.54, 1.807) is 14.0 Å². The zero-order chi connectivity index (χ0) is 19.9. The molecule has 0 saturated carbocycles. The highest BCUT2D eigenvalue weighted by Crippen LogP contribution is 2.35. The van der Waals surface area contributed by atoms with Crippen LogP contribution in [0.25, 0.3) is 0 Å². The van der Waals surface area contributed by atoms with E-state index in [2.05, 4.69) is 10.6 Å². The number of piperidine rings is 1. The van der Waals surface area contributed by atoms with Gasteiger partial charge in [-0.05, 0) is 32.9 Å². The topological polar surface area (TPSA) is 112 Å². The second-order valence-electron chi connectivity index (χ2n) is 6.58. The fourth-order valence-electron chi connectivity index (χ4n) is 3.31. The second kappa shape index (κ2) is 11.0. The first-order chi connectivity index (χ1) is 13.0. The van der Waals surface area contributed by atoms with Crippen LogP contribution in [0.5, 0.6) is 11.5 Å². The highest BCUT2D eigenvalue weighted by Gasteiger charge is 2.33. The van der Waals surface area contributed by atoms with E-state index in [0.717, 1.165) is 25.9 Å². The van der Waals surface area contributed by atoms with Gasteiger partial charge in [0.25, 0.3) is 11.6 Å². The van der Waals surface area contributed by atoms with Gasteiger partial charge in [-0.25, -0.2) is 0 Å². The lowest BCUT2D eigenvalue weighted by atomic mass is 9.79. The summed E-state index contributed by atoms with van der Waals surface area (Å²) in [5, 5.41) is 17.6. The van der Waals surface area contributed by atoms with Gasteiger partial charge in [0.1, 0.15) is 5.56 Å². The number of nitrogens with one attached hydrogen (secondary N) is 2. The minimum absolute atomic E-state index is 0. The van der Waals surface area contributed by atoms with E-state index < -0.39 is 10.8 Å². The highest BCUT2D eigenvalue weighted by molar-refractivity contribution is 5.99. The number of rotatable bonds is 9. The van der Waals surface area contributed by atoms with Crippen molar-refractivity contribution in [3.8, 4) is 11.5 Å². The third kappa shape index (κ3) is 5.70. The molecule has 158 valence electrons. The number of methoxy groups -OCH3 is 2. The molecular weight excluding hydrogens is 390 g/mol. The molecule has 1 aliphatic heterocycles. The zero-order valence-corrected chi connectivity index (χ0v) is 17.2. The number of amides is 1. The molecule has 2 N–H and O–H groups in total. The first-order valence-corrected chi connectivity index (χ1v) is 8.93. The van der Waals surface area contributed by atoms with Gasteiger partial charge in [0.15, 0.2) is 11.5 Å². The molecule has 1 aromatic rings. The number of halogens is 1. The lowest BCUT2D eigenvalue weighted by Gasteiger charge is -2.37. The summed E-state index contributed by atoms with van der Waals surface area (Å²) in [6, 6.07) is 2.58. The summed E-state index contributed by atoms with van der Waals surface area (Å²) in [5.74, 6) is -0.00408. The predicted molar refractivity (Wildman–Crippen MR) is 107 cm³/mol. The largest absolute Gasteiger partial charge is 0.493 e. The Morgan fingerprint density at radius 1 is 1.29 bits per heavy atom. The maximum Gasteiger partial charge on any atom is 0.286 e. The number of benzene rings is 1. The van der Waals surface area contributed by atoms with Crippen LogP contribution in [0, 0.1) is 15.5 Å². The molecule has 0 atom stereocenters. The molecule has 2 rings (SSSR count). The van der Waals surface area contributed by atoms with Gasteiger partial charge in [-0.2, -0.15) is 0 Å². The average molecular weight is 418 g/mol. The maximum atomic E-state index is 12.7. The number of ether oxygens (including phenoxy) is 3. The number of carbonyl (C=O) groups is 1. The molecule has 0 unspecified atom stereocenters. The standard InChI is InChI=1S/C18H27N3O6.ClH/c1-4-27-16-10-14(21(23)24)13(9-15(16)26-3)17(22)20-11-18(12-25-2)5-7-19-8-6-18;/h9-10,19H,4-8,11-12H2,1-3H3,(H,20,22);1H. The summed E-state index contributed by atoms with van der Waals surface area (Å²) in [6.45, 7) is 4.68. The van der Waals surface area contributed by atoms with Crippen LogP contribution in [0.3, 0.4) is 0 Å². The monoisotopic (exact) mass is 417 g/mol. The van der Waals surface area contributed by atoms with E-state index in [9.17, 15) is 14.9 Å². The third-order valence-electron chi connectivity index (χ3n) is 4.76. The molecular formula is C18H28ClN3O6. The summed E-state index contributed by atoms with van der Waals surface area (Å²) in [6.07, 6.45) is 1.71. The molecule has 9 nitrogen and oxygen atoms in total. The van der Waals surface area contributed by atoms with E-state index in [0.29, 0.717) is 19.8 Å². The van der Waals surface area contributed by atoms with Gasteiger partial charge in [0.2, 0.25) is 0 Å². The number of nitro groups is 1. The summed E-state index contributed by atoms with van der Waals surface area (Å²) in [4.78, 5) is 23.6. The van der Waals surface area contributed by atoms with Gasteiger partial charge in [-0.1, -0.05) is 0 Å². The summed E-state index contributed by atoms with van der Waals surface area (Å²) < 4.78 is 15.9. The number of hydrogen-bond donors (Lipinski definition) is 2. The Bertz CT molecular complexity index is 674. The molecule has 0 bridgehead atoms. The normalized spacial score (nSPS) is 15.2. The quantitative estimate of drug-likeness (QED) is 0.467. The predicted octanol–water partition coefficient (Wildman–Crippen LogP) is 2.17. The van der Waals surface area contributed by atoms with Gasteiger partial charge in [-0.15, -0.1) is 12.4 Å². The first kappa shape index (κ1) is 23.9. The molecule has 1 saturated heterocycles. The molecule has 0 aliphatic carbocycles. The van der Waals surface area contributed by atoms with Crippen molar-refractivity contribution < 1.29 is 23.9 Å². The first-order valence-electron chi connectivity index (χ1n) is 8.93. The molecule has 1 aliphatic rings. The molecule has 28 heavy (non-hydrogen) atoms. The summed E-state index contributed by atoms with van der Waals surface area (Å²) in [7, 11) is 3.06. The third-order valence-corrected chi connectivity index (χ3v) is 4.76. The average Bonchev–Trinajstić information content (AvgIpc) is 2.67. The SMILES string of the molecule is CCOc1cc([N+](=O)[O-])c(C(=O)NCC2(COC)CCNCC2)cc1OC.Cl. The maximum absolute atomic E-state index is 12.7. The van der Waals surface area contributed by atoms with E-state index in [1.165, 1.54) is 19.2 Å². The van der Waals surface area contributed by atoms with Crippen LogP contribution in [0.2, 0.25) is 0 Å². The lowest BCUT2D eigenvalue weighted by Crippen LogP contribution is -2.47. The van der Waals surface area contributed by atoms with Gasteiger partial charge in [-0.3, -0.25) is 14.9 Å². The highest BCUT2D eigenvalue weighted by atomic mass is 35.5. The van der Waals surface area contributed by atoms with Crippen molar-refractivity contribution in [2.75, 3.05) is 47.1 Å². The lowest BCUT2D eigenvalue weighted by molar-refractivity contribution is -0.385. The van der Waals surface area contributed by atoms with Gasteiger partial charge in [0.05, 0.1) is 31.3 Å². The van der Waals surface area contributed by atoms with Crippen LogP contribution in [-0.2, 0) is 4.74 Å². The molecule has 0 radical (unpaired) electrons. The van der Waals surface area contributed by atoms with Crippen LogP contribution in [0.4, 0.5) is 5.69 Å². The van der Waals surface area contributed by atoms with Crippen molar-refractivity contribution in [2.24, 2.45) is 5.41 Å². The van der Waals surface area contributed by atoms with Crippen molar-refractivity contribution in [2.45, 2.75) is 19.8 Å². The van der Waals surface area contributed by atoms with E-state index in [4.69, 9.17) is 14.2 Å². The molecule has 1 amide bonds. The smallest absolute Gasteiger partial charge is 0.286 e. The van der Waals surface area contributed by atoms with E-state index >= 15 is 0 Å². The minimum atomic E-state index is -0.591. The van der Waals surface area contributed by atoms with Crippen LogP contribution in [-0.4, -0.2) is 57.9 Å². The zero-order valence-electron chi connectivity index (χ0n) is 16.4. The minimum Gasteiger partial charge on any atom is -0.493 e. The fraction of sp³-hybridized carbons (Fsp3) is 0.611. The van der Waals surface area contributed by atoms with Gasteiger partial charge < -0.3 is 24.8 Å². The Hall–Kier alpha value is -2.10. The van der Waals surface area contributed by atoms with Crippen LogP contribution >= 0.6 is 12.4 Å². The molecule has 1 fully saturated rings. The summed E-state index contributed by atoms with van der Waals surface area (Å²) >= 11 is 0. The van der Waals surface area contributed by atoms with Crippen LogP contribution in [0.1, 0.15) is 30.1 Å². The van der Waals surface area contributed by atoms with Crippen molar-refractivity contribution >= 4 is 24.0 Å². The summed E-state index contributed by atoms with van der Waals surface area (Å²) in [5.41, 5.74) is -0.551. The Morgan fingerprint density at radius 3 is 2.50 bits per heavy atom. The fourth-order valence-corrected chi connectivity index (χ4v) is 3.31. The molecule has 1 aromatic carbocycles. The van der Waals surface area contributed by atoms with Gasteiger partial charge in [0, 0.05) is 25.1 Å². The van der Waals surface area contributed by atoms with Crippen LogP contribution in [0.15, 0.2) is 12.1 Å². The second-order valence-corrected chi connectivity index (χ2v) is 6.58. The van der Waals surface area contributed by atoms with Crippen molar-refractivity contribution in [1.82, 2.24) is 10.6 Å². The number of nitro benzene ring substituents is 1. The van der Waals surface area contributed by atoms with Crippen LogP contribution < -0.4 is 20.1 Å². The van der Waals surface area contributed by atoms with Crippen molar-refractivity contribution in [3.63, 3.8) is 0 Å².